The third kappa shape index (κ3) is 3.78. The summed E-state index contributed by atoms with van der Waals surface area (Å²) in [5.74, 6) is 1.51. The summed E-state index contributed by atoms with van der Waals surface area (Å²) < 4.78 is 5.81. The predicted molar refractivity (Wildman–Crippen MR) is 80.5 cm³/mol. The fourth-order valence-electron chi connectivity index (χ4n) is 1.92. The molecule has 0 aliphatic rings. The van der Waals surface area contributed by atoms with Crippen molar-refractivity contribution in [3.05, 3.63) is 41.9 Å². The molecule has 0 unspecified atom stereocenters. The number of rotatable bonds is 3. The smallest absolute Gasteiger partial charge is 0.142 e. The summed E-state index contributed by atoms with van der Waals surface area (Å²) in [4.78, 5) is 8.73. The van der Waals surface area contributed by atoms with E-state index in [-0.39, 0.29) is 5.60 Å². The predicted octanol–water partition coefficient (Wildman–Crippen LogP) is 3.09. The summed E-state index contributed by atoms with van der Waals surface area (Å²) in [7, 11) is 0. The van der Waals surface area contributed by atoms with Crippen LogP contribution in [0.5, 0.6) is 5.75 Å². The second-order valence-electron chi connectivity index (χ2n) is 5.75. The summed E-state index contributed by atoms with van der Waals surface area (Å²) in [5.41, 5.74) is 8.26. The Morgan fingerprint density at radius 1 is 1.10 bits per heavy atom. The normalized spacial score (nSPS) is 11.4. The van der Waals surface area contributed by atoms with Crippen molar-refractivity contribution in [1.29, 1.82) is 0 Å². The van der Waals surface area contributed by atoms with E-state index in [1.54, 1.807) is 0 Å². The summed E-state index contributed by atoms with van der Waals surface area (Å²) in [6.07, 6.45) is 0. The highest BCUT2D eigenvalue weighted by molar-refractivity contribution is 5.60. The highest BCUT2D eigenvalue weighted by Crippen LogP contribution is 2.23. The van der Waals surface area contributed by atoms with Gasteiger partial charge in [-0.1, -0.05) is 0 Å². The van der Waals surface area contributed by atoms with E-state index in [1.807, 2.05) is 58.0 Å². The van der Waals surface area contributed by atoms with Crippen molar-refractivity contribution >= 4 is 0 Å². The Labute approximate surface area is 120 Å². The van der Waals surface area contributed by atoms with E-state index in [0.717, 1.165) is 22.7 Å². The van der Waals surface area contributed by atoms with Crippen LogP contribution in [0.2, 0.25) is 0 Å². The maximum absolute atomic E-state index is 5.81. The van der Waals surface area contributed by atoms with Crippen molar-refractivity contribution in [3.8, 4) is 17.0 Å². The maximum Gasteiger partial charge on any atom is 0.142 e. The molecule has 4 nitrogen and oxygen atoms in total. The Kier molecular flexibility index (Phi) is 4.04. The Bertz CT molecular complexity index is 586. The summed E-state index contributed by atoms with van der Waals surface area (Å²) in [5, 5.41) is 0. The lowest BCUT2D eigenvalue weighted by molar-refractivity contribution is 0.131. The quantitative estimate of drug-likeness (QED) is 0.932. The van der Waals surface area contributed by atoms with Crippen molar-refractivity contribution in [1.82, 2.24) is 9.97 Å². The van der Waals surface area contributed by atoms with Crippen LogP contribution in [0.25, 0.3) is 11.3 Å². The SMILES string of the molecule is Cc1cc(-c2ccc(OC(C)(C)C)cc2)nc(CN)n1. The Hall–Kier alpha value is -1.94. The van der Waals surface area contributed by atoms with Crippen molar-refractivity contribution in [2.45, 2.75) is 39.8 Å². The van der Waals surface area contributed by atoms with Crippen molar-refractivity contribution < 1.29 is 4.74 Å². The number of hydrogen-bond donors (Lipinski definition) is 1. The second-order valence-corrected chi connectivity index (χ2v) is 5.75. The summed E-state index contributed by atoms with van der Waals surface area (Å²) in [6.45, 7) is 8.38. The van der Waals surface area contributed by atoms with Crippen LogP contribution in [0, 0.1) is 6.92 Å². The molecule has 1 aromatic heterocycles. The van der Waals surface area contributed by atoms with Crippen LogP contribution in [-0.4, -0.2) is 15.6 Å². The van der Waals surface area contributed by atoms with Crippen LogP contribution in [0.15, 0.2) is 30.3 Å². The van der Waals surface area contributed by atoms with Gasteiger partial charge >= 0.3 is 0 Å². The van der Waals surface area contributed by atoms with Gasteiger partial charge in [-0.15, -0.1) is 0 Å². The molecule has 2 rings (SSSR count). The number of nitrogens with two attached hydrogens (primary N) is 1. The van der Waals surface area contributed by atoms with Gasteiger partial charge in [0.15, 0.2) is 0 Å². The van der Waals surface area contributed by atoms with Gasteiger partial charge in [-0.2, -0.15) is 0 Å². The molecule has 0 spiro atoms. The first-order valence-electron chi connectivity index (χ1n) is 6.71. The van der Waals surface area contributed by atoms with Crippen LogP contribution >= 0.6 is 0 Å². The lowest BCUT2D eigenvalue weighted by atomic mass is 10.1. The molecule has 1 heterocycles. The Morgan fingerprint density at radius 2 is 1.75 bits per heavy atom. The van der Waals surface area contributed by atoms with E-state index in [1.165, 1.54) is 0 Å². The Morgan fingerprint density at radius 3 is 2.30 bits per heavy atom. The highest BCUT2D eigenvalue weighted by atomic mass is 16.5. The van der Waals surface area contributed by atoms with Gasteiger partial charge in [-0.3, -0.25) is 0 Å². The molecule has 0 bridgehead atoms. The van der Waals surface area contributed by atoms with E-state index < -0.39 is 0 Å². The minimum atomic E-state index is -0.195. The largest absolute Gasteiger partial charge is 0.488 e. The first-order valence-corrected chi connectivity index (χ1v) is 6.71. The minimum absolute atomic E-state index is 0.195. The number of nitrogens with zero attached hydrogens (tertiary/aromatic N) is 2. The number of ether oxygens (including phenoxy) is 1. The third-order valence-corrected chi connectivity index (χ3v) is 2.66. The molecular formula is C16H21N3O. The lowest BCUT2D eigenvalue weighted by Gasteiger charge is -2.21. The molecule has 4 heteroatoms. The molecule has 0 radical (unpaired) electrons. The molecule has 0 amide bonds. The minimum Gasteiger partial charge on any atom is -0.488 e. The zero-order valence-electron chi connectivity index (χ0n) is 12.5. The van der Waals surface area contributed by atoms with Gasteiger partial charge in [0.05, 0.1) is 12.2 Å². The van der Waals surface area contributed by atoms with Gasteiger partial charge in [0.25, 0.3) is 0 Å². The fraction of sp³-hybridized carbons (Fsp3) is 0.375. The summed E-state index contributed by atoms with van der Waals surface area (Å²) >= 11 is 0. The van der Waals surface area contributed by atoms with Crippen molar-refractivity contribution in [2.24, 2.45) is 5.73 Å². The van der Waals surface area contributed by atoms with E-state index >= 15 is 0 Å². The monoisotopic (exact) mass is 271 g/mol. The topological polar surface area (TPSA) is 61.0 Å². The molecule has 0 saturated carbocycles. The van der Waals surface area contributed by atoms with Crippen LogP contribution < -0.4 is 10.5 Å². The average molecular weight is 271 g/mol. The molecule has 0 aliphatic heterocycles. The molecule has 0 atom stereocenters. The average Bonchev–Trinajstić information content (AvgIpc) is 2.37. The number of hydrogen-bond acceptors (Lipinski definition) is 4. The van der Waals surface area contributed by atoms with Gasteiger partial charge in [0, 0.05) is 11.3 Å². The third-order valence-electron chi connectivity index (χ3n) is 2.66. The van der Waals surface area contributed by atoms with Gasteiger partial charge in [-0.05, 0) is 58.0 Å². The molecule has 0 fully saturated rings. The second kappa shape index (κ2) is 5.59. The first-order chi connectivity index (χ1) is 9.37. The van der Waals surface area contributed by atoms with Crippen LogP contribution in [0.4, 0.5) is 0 Å². The fourth-order valence-corrected chi connectivity index (χ4v) is 1.92. The molecule has 1 aromatic carbocycles. The first kappa shape index (κ1) is 14.5. The lowest BCUT2D eigenvalue weighted by Crippen LogP contribution is -2.22. The van der Waals surface area contributed by atoms with E-state index in [0.29, 0.717) is 12.4 Å². The van der Waals surface area contributed by atoms with Crippen molar-refractivity contribution in [3.63, 3.8) is 0 Å². The number of aromatic nitrogens is 2. The van der Waals surface area contributed by atoms with E-state index in [9.17, 15) is 0 Å². The molecule has 2 aromatic rings. The summed E-state index contributed by atoms with van der Waals surface area (Å²) in [6, 6.07) is 9.88. The van der Waals surface area contributed by atoms with Crippen LogP contribution in [0.1, 0.15) is 32.3 Å². The standard InChI is InChI=1S/C16H21N3O/c1-11-9-14(19-15(10-17)18-11)12-5-7-13(8-6-12)20-16(2,3)4/h5-9H,10,17H2,1-4H3. The zero-order valence-corrected chi connectivity index (χ0v) is 12.5. The number of benzene rings is 1. The Balaban J connectivity index is 2.28. The molecule has 0 saturated heterocycles. The van der Waals surface area contributed by atoms with Gasteiger partial charge in [0.2, 0.25) is 0 Å². The van der Waals surface area contributed by atoms with E-state index in [2.05, 4.69) is 9.97 Å². The van der Waals surface area contributed by atoms with Crippen LogP contribution in [0.3, 0.4) is 0 Å². The van der Waals surface area contributed by atoms with E-state index in [4.69, 9.17) is 10.5 Å². The van der Waals surface area contributed by atoms with Gasteiger partial charge in [0.1, 0.15) is 17.2 Å². The van der Waals surface area contributed by atoms with Gasteiger partial charge in [-0.25, -0.2) is 9.97 Å². The zero-order chi connectivity index (χ0) is 14.8. The number of aryl methyl sites for hydroxylation is 1. The van der Waals surface area contributed by atoms with Crippen LogP contribution in [-0.2, 0) is 6.54 Å². The molecule has 0 aliphatic carbocycles. The molecule has 2 N–H and O–H groups in total. The molecule has 20 heavy (non-hydrogen) atoms. The molecular weight excluding hydrogens is 250 g/mol. The maximum atomic E-state index is 5.81. The highest BCUT2D eigenvalue weighted by Gasteiger charge is 2.11. The molecule has 106 valence electrons. The van der Waals surface area contributed by atoms with Gasteiger partial charge < -0.3 is 10.5 Å². The van der Waals surface area contributed by atoms with Crippen molar-refractivity contribution in [2.75, 3.05) is 0 Å².